The van der Waals surface area contributed by atoms with Gasteiger partial charge in [0.15, 0.2) is 0 Å². The van der Waals surface area contributed by atoms with Gasteiger partial charge in [0.25, 0.3) is 5.91 Å². The lowest BCUT2D eigenvalue weighted by Crippen LogP contribution is -2.43. The number of carbonyl (C=O) groups excluding carboxylic acids is 1. The zero-order valence-corrected chi connectivity index (χ0v) is 16.7. The van der Waals surface area contributed by atoms with E-state index in [-0.39, 0.29) is 10.8 Å². The average Bonchev–Trinajstić information content (AvgIpc) is 2.68. The lowest BCUT2D eigenvalue weighted by molar-refractivity contribution is 0.0608. The van der Waals surface area contributed by atoms with Crippen LogP contribution in [0.4, 0.5) is 0 Å². The van der Waals surface area contributed by atoms with E-state index in [0.717, 1.165) is 38.6 Å². The molecular weight excluding hydrogens is 348 g/mol. The molecule has 0 saturated carbocycles. The Bertz CT molecular complexity index is 722. The molecule has 2 saturated heterocycles. The Balaban J connectivity index is 1.74. The van der Waals surface area contributed by atoms with E-state index in [0.29, 0.717) is 30.6 Å². The summed E-state index contributed by atoms with van der Waals surface area (Å²) in [7, 11) is -3.46. The molecule has 0 aliphatic carbocycles. The molecule has 2 aliphatic rings. The Labute approximate surface area is 157 Å². The van der Waals surface area contributed by atoms with Crippen molar-refractivity contribution in [1.82, 2.24) is 9.21 Å². The summed E-state index contributed by atoms with van der Waals surface area (Å²) >= 11 is 0. The molecule has 0 radical (unpaired) electrons. The van der Waals surface area contributed by atoms with Crippen LogP contribution in [0.1, 0.15) is 62.7 Å². The van der Waals surface area contributed by atoms with Crippen LogP contribution in [0.3, 0.4) is 0 Å². The van der Waals surface area contributed by atoms with Crippen molar-refractivity contribution in [1.29, 1.82) is 0 Å². The van der Waals surface area contributed by atoms with Crippen molar-refractivity contribution in [2.75, 3.05) is 19.6 Å². The van der Waals surface area contributed by atoms with Crippen LogP contribution in [0.25, 0.3) is 0 Å². The number of benzene rings is 1. The van der Waals surface area contributed by atoms with Gasteiger partial charge in [-0.3, -0.25) is 4.79 Å². The van der Waals surface area contributed by atoms with Gasteiger partial charge in [-0.05, 0) is 68.7 Å². The molecule has 1 amide bonds. The standard InChI is InChI=1S/C20H30N2O3S/c1-3-18-6-4-5-13-22(18)20(23)17-7-9-19(10-8-17)26(24,25)21-14-11-16(2)12-15-21/h7-10,16,18H,3-6,11-15H2,1-2H3. The molecule has 5 nitrogen and oxygen atoms in total. The maximum absolute atomic E-state index is 12.8. The quantitative estimate of drug-likeness (QED) is 0.805. The first kappa shape index (κ1) is 19.4. The molecule has 144 valence electrons. The lowest BCUT2D eigenvalue weighted by atomic mass is 9.99. The van der Waals surface area contributed by atoms with Crippen molar-refractivity contribution in [2.24, 2.45) is 5.92 Å². The van der Waals surface area contributed by atoms with Gasteiger partial charge in [0.1, 0.15) is 0 Å². The maximum Gasteiger partial charge on any atom is 0.254 e. The molecule has 2 heterocycles. The number of piperidine rings is 2. The first-order chi connectivity index (χ1) is 12.4. The molecule has 3 rings (SSSR count). The number of rotatable bonds is 4. The van der Waals surface area contributed by atoms with Gasteiger partial charge in [-0.2, -0.15) is 4.31 Å². The topological polar surface area (TPSA) is 57.7 Å². The van der Waals surface area contributed by atoms with E-state index >= 15 is 0 Å². The summed E-state index contributed by atoms with van der Waals surface area (Å²) in [6.07, 6.45) is 6.05. The monoisotopic (exact) mass is 378 g/mol. The third-order valence-electron chi connectivity index (χ3n) is 5.84. The minimum Gasteiger partial charge on any atom is -0.336 e. The highest BCUT2D eigenvalue weighted by molar-refractivity contribution is 7.89. The highest BCUT2D eigenvalue weighted by atomic mass is 32.2. The number of likely N-dealkylation sites (tertiary alicyclic amines) is 1. The summed E-state index contributed by atoms with van der Waals surface area (Å²) in [6, 6.07) is 6.82. The molecule has 6 heteroatoms. The molecular formula is C20H30N2O3S. The van der Waals surface area contributed by atoms with E-state index in [2.05, 4.69) is 13.8 Å². The van der Waals surface area contributed by atoms with Crippen LogP contribution in [0, 0.1) is 5.92 Å². The summed E-state index contributed by atoms with van der Waals surface area (Å²) in [5.41, 5.74) is 0.580. The van der Waals surface area contributed by atoms with Gasteiger partial charge in [-0.1, -0.05) is 13.8 Å². The smallest absolute Gasteiger partial charge is 0.254 e. The fraction of sp³-hybridized carbons (Fsp3) is 0.650. The second kappa shape index (κ2) is 8.09. The number of carbonyl (C=O) groups is 1. The van der Waals surface area contributed by atoms with Crippen LogP contribution in [0.2, 0.25) is 0 Å². The van der Waals surface area contributed by atoms with Crippen molar-refractivity contribution < 1.29 is 13.2 Å². The molecule has 1 aromatic rings. The van der Waals surface area contributed by atoms with Crippen molar-refractivity contribution in [2.45, 2.75) is 63.3 Å². The van der Waals surface area contributed by atoms with Gasteiger partial charge >= 0.3 is 0 Å². The van der Waals surface area contributed by atoms with E-state index in [1.54, 1.807) is 28.6 Å². The number of amides is 1. The minimum absolute atomic E-state index is 0.0206. The molecule has 26 heavy (non-hydrogen) atoms. The minimum atomic E-state index is -3.46. The molecule has 1 aromatic carbocycles. The Kier molecular flexibility index (Phi) is 6.03. The van der Waals surface area contributed by atoms with Crippen LogP contribution in [0.15, 0.2) is 29.2 Å². The second-order valence-corrected chi connectivity index (χ2v) is 9.61. The van der Waals surface area contributed by atoms with Crippen LogP contribution in [0.5, 0.6) is 0 Å². The molecule has 0 aromatic heterocycles. The molecule has 2 fully saturated rings. The first-order valence-corrected chi connectivity index (χ1v) is 11.3. The van der Waals surface area contributed by atoms with Crippen LogP contribution in [-0.2, 0) is 10.0 Å². The SMILES string of the molecule is CCC1CCCCN1C(=O)c1ccc(S(=O)(=O)N2CCC(C)CC2)cc1. The lowest BCUT2D eigenvalue weighted by Gasteiger charge is -2.35. The van der Waals surface area contributed by atoms with E-state index in [4.69, 9.17) is 0 Å². The van der Waals surface area contributed by atoms with Gasteiger partial charge in [-0.25, -0.2) is 8.42 Å². The fourth-order valence-corrected chi connectivity index (χ4v) is 5.47. The third kappa shape index (κ3) is 3.96. The van der Waals surface area contributed by atoms with Gasteiger partial charge in [0, 0.05) is 31.2 Å². The molecule has 2 aliphatic heterocycles. The number of nitrogens with zero attached hydrogens (tertiary/aromatic N) is 2. The van der Waals surface area contributed by atoms with Crippen LogP contribution < -0.4 is 0 Å². The van der Waals surface area contributed by atoms with Gasteiger partial charge in [0.05, 0.1) is 4.90 Å². The zero-order valence-electron chi connectivity index (χ0n) is 15.9. The van der Waals surface area contributed by atoms with Crippen LogP contribution >= 0.6 is 0 Å². The Hall–Kier alpha value is -1.40. The van der Waals surface area contributed by atoms with Crippen molar-refractivity contribution in [3.8, 4) is 0 Å². The molecule has 1 unspecified atom stereocenters. The number of sulfonamides is 1. The third-order valence-corrected chi connectivity index (χ3v) is 7.75. The first-order valence-electron chi connectivity index (χ1n) is 9.84. The predicted molar refractivity (Wildman–Crippen MR) is 103 cm³/mol. The van der Waals surface area contributed by atoms with E-state index in [9.17, 15) is 13.2 Å². The Morgan fingerprint density at radius 2 is 1.69 bits per heavy atom. The summed E-state index contributed by atoms with van der Waals surface area (Å²) in [5, 5.41) is 0. The fourth-order valence-electron chi connectivity index (χ4n) is 4.00. The summed E-state index contributed by atoms with van der Waals surface area (Å²) in [6.45, 7) is 6.23. The zero-order chi connectivity index (χ0) is 18.7. The average molecular weight is 379 g/mol. The largest absolute Gasteiger partial charge is 0.336 e. The summed E-state index contributed by atoms with van der Waals surface area (Å²) < 4.78 is 27.2. The van der Waals surface area contributed by atoms with Crippen molar-refractivity contribution in [3.05, 3.63) is 29.8 Å². The summed E-state index contributed by atoms with van der Waals surface area (Å²) in [4.78, 5) is 15.1. The van der Waals surface area contributed by atoms with E-state index < -0.39 is 10.0 Å². The molecule has 1 atom stereocenters. The van der Waals surface area contributed by atoms with E-state index in [1.807, 2.05) is 4.90 Å². The van der Waals surface area contributed by atoms with E-state index in [1.165, 1.54) is 6.42 Å². The van der Waals surface area contributed by atoms with Crippen molar-refractivity contribution >= 4 is 15.9 Å². The predicted octanol–water partition coefficient (Wildman–Crippen LogP) is 3.51. The molecule has 0 spiro atoms. The highest BCUT2D eigenvalue weighted by Gasteiger charge is 2.29. The number of hydrogen-bond acceptors (Lipinski definition) is 3. The Morgan fingerprint density at radius 3 is 2.31 bits per heavy atom. The maximum atomic E-state index is 12.8. The second-order valence-electron chi connectivity index (χ2n) is 7.67. The molecule has 0 bridgehead atoms. The Morgan fingerprint density at radius 1 is 1.04 bits per heavy atom. The van der Waals surface area contributed by atoms with Gasteiger partial charge < -0.3 is 4.90 Å². The van der Waals surface area contributed by atoms with Gasteiger partial charge in [0.2, 0.25) is 10.0 Å². The van der Waals surface area contributed by atoms with Crippen molar-refractivity contribution in [3.63, 3.8) is 0 Å². The van der Waals surface area contributed by atoms with Crippen LogP contribution in [-0.4, -0.2) is 49.2 Å². The molecule has 0 N–H and O–H groups in total. The van der Waals surface area contributed by atoms with Gasteiger partial charge in [-0.15, -0.1) is 0 Å². The number of hydrogen-bond donors (Lipinski definition) is 0. The highest BCUT2D eigenvalue weighted by Crippen LogP contribution is 2.25. The summed E-state index contributed by atoms with van der Waals surface area (Å²) in [5.74, 6) is 0.602. The normalized spacial score (nSPS) is 23.2.